The Morgan fingerprint density at radius 1 is 1.19 bits per heavy atom. The quantitative estimate of drug-likeness (QED) is 0.850. The average Bonchev–Trinajstić information content (AvgIpc) is 2.50. The minimum atomic E-state index is -0.241. The van der Waals surface area contributed by atoms with Gasteiger partial charge in [0.1, 0.15) is 11.6 Å². The Balaban J connectivity index is 1.89. The lowest BCUT2D eigenvalue weighted by Gasteiger charge is -2.13. The Hall–Kier alpha value is -1.39. The zero-order valence-electron chi connectivity index (χ0n) is 12.0. The van der Waals surface area contributed by atoms with E-state index >= 15 is 0 Å². The number of ether oxygens (including phenoxy) is 1. The maximum Gasteiger partial charge on any atom is 0.137 e. The Morgan fingerprint density at radius 3 is 2.57 bits per heavy atom. The molecule has 112 valence electrons. The van der Waals surface area contributed by atoms with Crippen molar-refractivity contribution in [1.29, 1.82) is 0 Å². The van der Waals surface area contributed by atoms with Crippen molar-refractivity contribution in [2.75, 3.05) is 7.11 Å². The molecule has 0 heterocycles. The first-order valence-corrected chi connectivity index (χ1v) is 7.71. The maximum atomic E-state index is 13.5. The van der Waals surface area contributed by atoms with Crippen LogP contribution in [0.5, 0.6) is 5.75 Å². The van der Waals surface area contributed by atoms with Gasteiger partial charge in [0.2, 0.25) is 0 Å². The van der Waals surface area contributed by atoms with Gasteiger partial charge in [-0.1, -0.05) is 24.3 Å². The number of nitrogens with two attached hydrogens (primary N) is 1. The number of methoxy groups -OCH3 is 1. The van der Waals surface area contributed by atoms with Gasteiger partial charge in [0.25, 0.3) is 0 Å². The second kappa shape index (κ2) is 7.57. The first-order valence-electron chi connectivity index (χ1n) is 6.91. The van der Waals surface area contributed by atoms with E-state index in [-0.39, 0.29) is 11.9 Å². The molecule has 2 aromatic carbocycles. The summed E-state index contributed by atoms with van der Waals surface area (Å²) in [5.74, 6) is 0.613. The number of hydrogen-bond donors (Lipinski definition) is 1. The molecule has 0 aromatic heterocycles. The number of hydrogen-bond acceptors (Lipinski definition) is 2. The summed E-state index contributed by atoms with van der Waals surface area (Å²) in [6.45, 7) is 0. The van der Waals surface area contributed by atoms with Crippen molar-refractivity contribution < 1.29 is 9.13 Å². The molecule has 2 nitrogen and oxygen atoms in total. The highest BCUT2D eigenvalue weighted by molar-refractivity contribution is 9.10. The summed E-state index contributed by atoms with van der Waals surface area (Å²) in [6.07, 6.45) is 2.42. The molecule has 0 saturated carbocycles. The largest absolute Gasteiger partial charge is 0.497 e. The molecule has 21 heavy (non-hydrogen) atoms. The number of rotatable bonds is 6. The van der Waals surface area contributed by atoms with Crippen molar-refractivity contribution in [3.8, 4) is 5.75 Å². The first kappa shape index (κ1) is 16.0. The fourth-order valence-electron chi connectivity index (χ4n) is 2.23. The van der Waals surface area contributed by atoms with E-state index in [9.17, 15) is 4.39 Å². The second-order valence-electron chi connectivity index (χ2n) is 5.06. The molecule has 0 radical (unpaired) electrons. The molecule has 0 spiro atoms. The summed E-state index contributed by atoms with van der Waals surface area (Å²) in [7, 11) is 1.65. The van der Waals surface area contributed by atoms with Crippen LogP contribution in [0.3, 0.4) is 0 Å². The van der Waals surface area contributed by atoms with Crippen LogP contribution in [-0.2, 0) is 12.8 Å². The normalized spacial score (nSPS) is 12.2. The topological polar surface area (TPSA) is 35.2 Å². The standard InChI is InChI=1S/C17H19BrFNO/c1-21-15-9-6-12(7-10-15)5-8-14(20)11-13-3-2-4-16(19)17(13)18/h2-4,6-7,9-10,14H,5,8,11,20H2,1H3. The van der Waals surface area contributed by atoms with Gasteiger partial charge in [-0.3, -0.25) is 0 Å². The van der Waals surface area contributed by atoms with Gasteiger partial charge in [-0.25, -0.2) is 4.39 Å². The molecule has 0 amide bonds. The van der Waals surface area contributed by atoms with Gasteiger partial charge in [-0.05, 0) is 64.5 Å². The summed E-state index contributed by atoms with van der Waals surface area (Å²) in [6, 6.07) is 13.1. The molecule has 0 aliphatic carbocycles. The van der Waals surface area contributed by atoms with Gasteiger partial charge in [0.05, 0.1) is 11.6 Å². The number of aryl methyl sites for hydroxylation is 1. The molecule has 0 aliphatic heterocycles. The summed E-state index contributed by atoms with van der Waals surface area (Å²) >= 11 is 3.28. The SMILES string of the molecule is COc1ccc(CCC(N)Cc2cccc(F)c2Br)cc1. The summed E-state index contributed by atoms with van der Waals surface area (Å²) in [5, 5.41) is 0. The molecule has 0 fully saturated rings. The van der Waals surface area contributed by atoms with Crippen molar-refractivity contribution in [2.45, 2.75) is 25.3 Å². The molecule has 1 unspecified atom stereocenters. The Morgan fingerprint density at radius 2 is 1.90 bits per heavy atom. The maximum absolute atomic E-state index is 13.5. The summed E-state index contributed by atoms with van der Waals surface area (Å²) in [4.78, 5) is 0. The molecule has 2 N–H and O–H groups in total. The van der Waals surface area contributed by atoms with Crippen LogP contribution in [0.1, 0.15) is 17.5 Å². The summed E-state index contributed by atoms with van der Waals surface area (Å²) in [5.41, 5.74) is 8.30. The molecule has 0 bridgehead atoms. The summed E-state index contributed by atoms with van der Waals surface area (Å²) < 4.78 is 19.1. The molecule has 2 rings (SSSR count). The van der Waals surface area contributed by atoms with E-state index in [1.807, 2.05) is 30.3 Å². The van der Waals surface area contributed by atoms with Crippen LogP contribution in [0.4, 0.5) is 4.39 Å². The molecule has 0 saturated heterocycles. The van der Waals surface area contributed by atoms with Crippen LogP contribution in [0.2, 0.25) is 0 Å². The van der Waals surface area contributed by atoms with Crippen molar-refractivity contribution >= 4 is 15.9 Å². The van der Waals surface area contributed by atoms with Crippen LogP contribution in [0.15, 0.2) is 46.9 Å². The Labute approximate surface area is 133 Å². The lowest BCUT2D eigenvalue weighted by molar-refractivity contribution is 0.414. The van der Waals surface area contributed by atoms with Crippen molar-refractivity contribution in [3.05, 3.63) is 63.9 Å². The van der Waals surface area contributed by atoms with Crippen LogP contribution >= 0.6 is 15.9 Å². The number of halogens is 2. The van der Waals surface area contributed by atoms with Gasteiger partial charge in [0.15, 0.2) is 0 Å². The van der Waals surface area contributed by atoms with Crippen LogP contribution in [0, 0.1) is 5.82 Å². The molecule has 0 aliphatic rings. The van der Waals surface area contributed by atoms with Crippen molar-refractivity contribution in [3.63, 3.8) is 0 Å². The number of benzene rings is 2. The van der Waals surface area contributed by atoms with E-state index < -0.39 is 0 Å². The van der Waals surface area contributed by atoms with E-state index in [1.165, 1.54) is 11.6 Å². The third kappa shape index (κ3) is 4.55. The molecule has 2 aromatic rings. The van der Waals surface area contributed by atoms with Gasteiger partial charge in [0, 0.05) is 6.04 Å². The van der Waals surface area contributed by atoms with Gasteiger partial charge in [-0.15, -0.1) is 0 Å². The first-order chi connectivity index (χ1) is 10.1. The van der Waals surface area contributed by atoms with E-state index in [4.69, 9.17) is 10.5 Å². The highest BCUT2D eigenvalue weighted by atomic mass is 79.9. The zero-order chi connectivity index (χ0) is 15.2. The Bertz CT molecular complexity index is 586. The van der Waals surface area contributed by atoms with E-state index in [0.717, 1.165) is 24.2 Å². The highest BCUT2D eigenvalue weighted by Crippen LogP contribution is 2.22. The minimum Gasteiger partial charge on any atom is -0.497 e. The molecular weight excluding hydrogens is 333 g/mol. The van der Waals surface area contributed by atoms with Crippen LogP contribution in [-0.4, -0.2) is 13.2 Å². The zero-order valence-corrected chi connectivity index (χ0v) is 13.6. The molecule has 4 heteroatoms. The van der Waals surface area contributed by atoms with Gasteiger partial charge in [-0.2, -0.15) is 0 Å². The third-order valence-corrected chi connectivity index (χ3v) is 4.36. The predicted octanol–water partition coefficient (Wildman–Crippen LogP) is 4.10. The minimum absolute atomic E-state index is 0.00482. The van der Waals surface area contributed by atoms with Crippen LogP contribution in [0.25, 0.3) is 0 Å². The average molecular weight is 352 g/mol. The lowest BCUT2D eigenvalue weighted by atomic mass is 10.00. The van der Waals surface area contributed by atoms with Gasteiger partial charge >= 0.3 is 0 Å². The molecular formula is C17H19BrFNO. The highest BCUT2D eigenvalue weighted by Gasteiger charge is 2.10. The van der Waals surface area contributed by atoms with E-state index in [1.54, 1.807) is 13.2 Å². The van der Waals surface area contributed by atoms with Crippen molar-refractivity contribution in [1.82, 2.24) is 0 Å². The monoisotopic (exact) mass is 351 g/mol. The van der Waals surface area contributed by atoms with E-state index in [2.05, 4.69) is 15.9 Å². The predicted molar refractivity (Wildman–Crippen MR) is 87.1 cm³/mol. The van der Waals surface area contributed by atoms with Crippen LogP contribution < -0.4 is 10.5 Å². The fourth-order valence-corrected chi connectivity index (χ4v) is 2.66. The third-order valence-electron chi connectivity index (χ3n) is 3.48. The van der Waals surface area contributed by atoms with Crippen molar-refractivity contribution in [2.24, 2.45) is 5.73 Å². The lowest BCUT2D eigenvalue weighted by Crippen LogP contribution is -2.23. The smallest absolute Gasteiger partial charge is 0.137 e. The second-order valence-corrected chi connectivity index (χ2v) is 5.86. The van der Waals surface area contributed by atoms with Gasteiger partial charge < -0.3 is 10.5 Å². The molecule has 1 atom stereocenters. The Kier molecular flexibility index (Phi) is 5.76. The van der Waals surface area contributed by atoms with E-state index in [0.29, 0.717) is 10.9 Å². The fraction of sp³-hybridized carbons (Fsp3) is 0.294.